The number of hydrogen-bond donors (Lipinski definition) is 2. The molecule has 0 aromatic heterocycles. The number of nitrogens with zero attached hydrogens (tertiary/aromatic N) is 1. The summed E-state index contributed by atoms with van der Waals surface area (Å²) in [5.74, 6) is 0.984. The lowest BCUT2D eigenvalue weighted by Gasteiger charge is -2.05. The molecule has 1 rings (SSSR count). The van der Waals surface area contributed by atoms with Crippen molar-refractivity contribution >= 4 is 5.84 Å². The molecule has 0 aliphatic rings. The van der Waals surface area contributed by atoms with E-state index in [1.165, 1.54) is 5.56 Å². The van der Waals surface area contributed by atoms with Crippen LogP contribution in [0, 0.1) is 0 Å². The average molecular weight is 208 g/mol. The van der Waals surface area contributed by atoms with Crippen molar-refractivity contribution < 1.29 is 9.94 Å². The lowest BCUT2D eigenvalue weighted by atomic mass is 10.2. The molecule has 0 saturated carbocycles. The van der Waals surface area contributed by atoms with Gasteiger partial charge in [-0.15, -0.1) is 0 Å². The molecular weight excluding hydrogens is 192 g/mol. The van der Waals surface area contributed by atoms with Crippen molar-refractivity contribution in [2.75, 3.05) is 6.61 Å². The maximum Gasteiger partial charge on any atom is 0.142 e. The first-order valence-corrected chi connectivity index (χ1v) is 4.94. The van der Waals surface area contributed by atoms with Crippen LogP contribution in [0.1, 0.15) is 18.9 Å². The van der Waals surface area contributed by atoms with Gasteiger partial charge in [-0.3, -0.25) is 0 Å². The lowest BCUT2D eigenvalue weighted by Crippen LogP contribution is -2.15. The largest absolute Gasteiger partial charge is 0.493 e. The number of oxime groups is 1. The smallest absolute Gasteiger partial charge is 0.142 e. The van der Waals surface area contributed by atoms with Crippen LogP contribution in [-0.2, 0) is 6.42 Å². The number of ether oxygens (including phenoxy) is 1. The predicted octanol–water partition coefficient (Wildman–Crippen LogP) is 1.76. The van der Waals surface area contributed by atoms with Gasteiger partial charge in [-0.05, 0) is 24.1 Å². The highest BCUT2D eigenvalue weighted by Gasteiger charge is 1.96. The van der Waals surface area contributed by atoms with Crippen molar-refractivity contribution in [2.45, 2.75) is 19.8 Å². The van der Waals surface area contributed by atoms with Gasteiger partial charge in [0.05, 0.1) is 6.61 Å². The molecule has 0 atom stereocenters. The molecule has 0 spiro atoms. The van der Waals surface area contributed by atoms with Crippen molar-refractivity contribution in [3.63, 3.8) is 0 Å². The van der Waals surface area contributed by atoms with Crippen LogP contribution in [0.2, 0.25) is 0 Å². The molecule has 3 N–H and O–H groups in total. The molecular formula is C11H16N2O2. The number of aryl methyl sites for hydroxylation is 1. The lowest BCUT2D eigenvalue weighted by molar-refractivity contribution is 0.305. The molecule has 0 saturated heterocycles. The van der Waals surface area contributed by atoms with E-state index in [9.17, 15) is 0 Å². The van der Waals surface area contributed by atoms with Crippen LogP contribution in [0.15, 0.2) is 29.4 Å². The minimum atomic E-state index is 0.181. The van der Waals surface area contributed by atoms with E-state index >= 15 is 0 Å². The van der Waals surface area contributed by atoms with Crippen LogP contribution in [0.25, 0.3) is 0 Å². The van der Waals surface area contributed by atoms with E-state index in [0.717, 1.165) is 12.2 Å². The second-order valence-electron chi connectivity index (χ2n) is 3.19. The second-order valence-corrected chi connectivity index (χ2v) is 3.19. The number of amidine groups is 1. The van der Waals surface area contributed by atoms with Crippen LogP contribution in [0.3, 0.4) is 0 Å². The molecule has 0 heterocycles. The zero-order chi connectivity index (χ0) is 11.1. The molecule has 82 valence electrons. The van der Waals surface area contributed by atoms with Gasteiger partial charge in [0.15, 0.2) is 0 Å². The number of hydrogen-bond acceptors (Lipinski definition) is 3. The van der Waals surface area contributed by atoms with Crippen LogP contribution in [-0.4, -0.2) is 17.6 Å². The van der Waals surface area contributed by atoms with E-state index in [2.05, 4.69) is 12.1 Å². The van der Waals surface area contributed by atoms with E-state index < -0.39 is 0 Å². The van der Waals surface area contributed by atoms with Gasteiger partial charge in [0.2, 0.25) is 0 Å². The quantitative estimate of drug-likeness (QED) is 0.335. The minimum Gasteiger partial charge on any atom is -0.493 e. The molecule has 4 nitrogen and oxygen atoms in total. The molecule has 0 amide bonds. The molecule has 0 aliphatic heterocycles. The van der Waals surface area contributed by atoms with E-state index in [4.69, 9.17) is 15.7 Å². The Morgan fingerprint density at radius 2 is 2.07 bits per heavy atom. The summed E-state index contributed by atoms with van der Waals surface area (Å²) in [6, 6.07) is 7.90. The molecule has 15 heavy (non-hydrogen) atoms. The van der Waals surface area contributed by atoms with Crippen molar-refractivity contribution in [3.05, 3.63) is 29.8 Å². The third-order valence-electron chi connectivity index (χ3n) is 2.09. The third-order valence-corrected chi connectivity index (χ3v) is 2.09. The maximum absolute atomic E-state index is 8.31. The molecule has 0 unspecified atom stereocenters. The van der Waals surface area contributed by atoms with Gasteiger partial charge >= 0.3 is 0 Å². The molecule has 0 aliphatic carbocycles. The summed E-state index contributed by atoms with van der Waals surface area (Å²) in [6.45, 7) is 2.52. The molecule has 0 fully saturated rings. The first-order valence-electron chi connectivity index (χ1n) is 4.94. The molecule has 4 heteroatoms. The van der Waals surface area contributed by atoms with E-state index in [1.54, 1.807) is 0 Å². The zero-order valence-corrected chi connectivity index (χ0v) is 8.81. The van der Waals surface area contributed by atoms with Gasteiger partial charge in [0.25, 0.3) is 0 Å². The normalized spacial score (nSPS) is 11.4. The highest BCUT2D eigenvalue weighted by Crippen LogP contribution is 2.12. The minimum absolute atomic E-state index is 0.181. The Kier molecular flexibility index (Phi) is 4.47. The third kappa shape index (κ3) is 3.89. The fourth-order valence-corrected chi connectivity index (χ4v) is 1.14. The van der Waals surface area contributed by atoms with Gasteiger partial charge in [-0.25, -0.2) is 0 Å². The van der Waals surface area contributed by atoms with Crippen molar-refractivity contribution in [1.29, 1.82) is 0 Å². The van der Waals surface area contributed by atoms with Crippen molar-refractivity contribution in [2.24, 2.45) is 10.9 Å². The van der Waals surface area contributed by atoms with Gasteiger partial charge in [-0.1, -0.05) is 24.2 Å². The molecule has 1 aromatic rings. The maximum atomic E-state index is 8.31. The van der Waals surface area contributed by atoms with Gasteiger partial charge < -0.3 is 15.7 Å². The van der Waals surface area contributed by atoms with E-state index in [0.29, 0.717) is 13.0 Å². The van der Waals surface area contributed by atoms with Gasteiger partial charge in [0.1, 0.15) is 11.6 Å². The Morgan fingerprint density at radius 3 is 2.60 bits per heavy atom. The van der Waals surface area contributed by atoms with Gasteiger partial charge in [0, 0.05) is 6.42 Å². The summed E-state index contributed by atoms with van der Waals surface area (Å²) in [6.07, 6.45) is 1.44. The Labute approximate surface area is 89.4 Å². The molecule has 0 radical (unpaired) electrons. The van der Waals surface area contributed by atoms with Crippen LogP contribution in [0.5, 0.6) is 5.75 Å². The zero-order valence-electron chi connectivity index (χ0n) is 8.81. The summed E-state index contributed by atoms with van der Waals surface area (Å²) in [5, 5.41) is 11.2. The van der Waals surface area contributed by atoms with Gasteiger partial charge in [-0.2, -0.15) is 0 Å². The highest BCUT2D eigenvalue weighted by molar-refractivity contribution is 5.79. The Morgan fingerprint density at radius 1 is 1.40 bits per heavy atom. The standard InChI is InChI=1S/C11H16N2O2/c1-2-9-3-5-10(6-4-9)15-8-7-11(12)13-14/h3-6,14H,2,7-8H2,1H3,(H2,12,13). The van der Waals surface area contributed by atoms with E-state index in [-0.39, 0.29) is 5.84 Å². The average Bonchev–Trinajstić information content (AvgIpc) is 2.29. The Balaban J connectivity index is 2.38. The Bertz CT molecular complexity index is 320. The van der Waals surface area contributed by atoms with Crippen LogP contribution < -0.4 is 10.5 Å². The highest BCUT2D eigenvalue weighted by atomic mass is 16.5. The number of rotatable bonds is 5. The fourth-order valence-electron chi connectivity index (χ4n) is 1.14. The van der Waals surface area contributed by atoms with Crippen molar-refractivity contribution in [3.8, 4) is 5.75 Å². The van der Waals surface area contributed by atoms with Crippen LogP contribution >= 0.6 is 0 Å². The summed E-state index contributed by atoms with van der Waals surface area (Å²) in [4.78, 5) is 0. The Hall–Kier alpha value is -1.71. The summed E-state index contributed by atoms with van der Waals surface area (Å²) < 4.78 is 5.41. The predicted molar refractivity (Wildman–Crippen MR) is 59.3 cm³/mol. The topological polar surface area (TPSA) is 67.8 Å². The summed E-state index contributed by atoms with van der Waals surface area (Å²) >= 11 is 0. The number of benzene rings is 1. The fraction of sp³-hybridized carbons (Fsp3) is 0.364. The monoisotopic (exact) mass is 208 g/mol. The first-order chi connectivity index (χ1) is 7.26. The SMILES string of the molecule is CCc1ccc(OCC/C(N)=N/O)cc1. The molecule has 1 aromatic carbocycles. The summed E-state index contributed by atoms with van der Waals surface area (Å²) in [5.41, 5.74) is 6.58. The van der Waals surface area contributed by atoms with Crippen molar-refractivity contribution in [1.82, 2.24) is 0 Å². The number of nitrogens with two attached hydrogens (primary N) is 1. The second kappa shape index (κ2) is 5.90. The first kappa shape index (κ1) is 11.4. The molecule has 0 bridgehead atoms. The van der Waals surface area contributed by atoms with Crippen LogP contribution in [0.4, 0.5) is 0 Å². The van der Waals surface area contributed by atoms with E-state index in [1.807, 2.05) is 24.3 Å². The summed E-state index contributed by atoms with van der Waals surface area (Å²) in [7, 11) is 0.